The average molecular weight is 347 g/mol. The van der Waals surface area contributed by atoms with Crippen LogP contribution in [0.1, 0.15) is 13.3 Å². The summed E-state index contributed by atoms with van der Waals surface area (Å²) in [6, 6.07) is 14.6. The van der Waals surface area contributed by atoms with Crippen molar-refractivity contribution in [1.29, 1.82) is 0 Å². The molecule has 0 aromatic heterocycles. The van der Waals surface area contributed by atoms with Crippen LogP contribution in [0.4, 0.5) is 10.1 Å². The fourth-order valence-corrected chi connectivity index (χ4v) is 4.45. The van der Waals surface area contributed by atoms with Crippen molar-refractivity contribution in [2.24, 2.45) is 0 Å². The van der Waals surface area contributed by atoms with E-state index >= 15 is 0 Å². The number of thioether (sulfide) groups is 2. The normalized spacial score (nSPS) is 17.5. The number of hydrogen-bond acceptors (Lipinski definition) is 3. The lowest BCUT2D eigenvalue weighted by Crippen LogP contribution is -2.33. The van der Waals surface area contributed by atoms with Crippen molar-refractivity contribution in [2.75, 3.05) is 17.2 Å². The van der Waals surface area contributed by atoms with Crippen LogP contribution in [-0.4, -0.2) is 23.5 Å². The molecule has 0 aliphatic carbocycles. The van der Waals surface area contributed by atoms with E-state index < -0.39 is 0 Å². The molecule has 1 heterocycles. The molecule has 0 spiro atoms. The van der Waals surface area contributed by atoms with E-state index in [4.69, 9.17) is 0 Å². The molecular formula is C18H18FNOS2. The number of carbonyl (C=O) groups excluding carboxylic acids is 1. The molecule has 0 radical (unpaired) electrons. The third-order valence-corrected chi connectivity index (χ3v) is 6.00. The summed E-state index contributed by atoms with van der Waals surface area (Å²) in [5.41, 5.74) is 0.973. The molecule has 2 aromatic rings. The fraction of sp³-hybridized carbons (Fsp3) is 0.278. The average Bonchev–Trinajstić information content (AvgIpc) is 2.72. The van der Waals surface area contributed by atoms with Crippen LogP contribution in [0.5, 0.6) is 0 Å². The van der Waals surface area contributed by atoms with Gasteiger partial charge in [0.25, 0.3) is 0 Å². The highest BCUT2D eigenvalue weighted by atomic mass is 32.2. The lowest BCUT2D eigenvalue weighted by Gasteiger charge is -2.22. The quantitative estimate of drug-likeness (QED) is 0.741. The molecule has 1 aliphatic rings. The van der Waals surface area contributed by atoms with Gasteiger partial charge in [-0.05, 0) is 30.7 Å². The molecule has 1 aliphatic heterocycles. The number of hydrogen-bond donors (Lipinski definition) is 0. The number of carbonyl (C=O) groups is 1. The SMILES string of the molecule is C[C@@H]1CCN(C(=O)CSc2ccccc2F)c2ccccc2S1. The molecule has 0 fully saturated rings. The Balaban J connectivity index is 1.75. The first-order valence-electron chi connectivity index (χ1n) is 7.58. The Morgan fingerprint density at radius 1 is 1.26 bits per heavy atom. The lowest BCUT2D eigenvalue weighted by atomic mass is 10.2. The molecule has 0 saturated carbocycles. The zero-order valence-electron chi connectivity index (χ0n) is 12.9. The summed E-state index contributed by atoms with van der Waals surface area (Å²) in [5.74, 6) is 0.0000524. The predicted molar refractivity (Wildman–Crippen MR) is 95.9 cm³/mol. The fourth-order valence-electron chi connectivity index (χ4n) is 2.53. The molecule has 0 N–H and O–H groups in total. The summed E-state index contributed by atoms with van der Waals surface area (Å²) < 4.78 is 13.7. The van der Waals surface area contributed by atoms with Crippen molar-refractivity contribution >= 4 is 35.1 Å². The highest BCUT2D eigenvalue weighted by molar-refractivity contribution is 8.00. The minimum absolute atomic E-state index is 0.0282. The molecule has 3 rings (SSSR count). The van der Waals surface area contributed by atoms with Gasteiger partial charge < -0.3 is 4.90 Å². The highest BCUT2D eigenvalue weighted by Gasteiger charge is 2.24. The van der Waals surface area contributed by atoms with Crippen molar-refractivity contribution < 1.29 is 9.18 Å². The first-order chi connectivity index (χ1) is 11.1. The second kappa shape index (κ2) is 7.41. The van der Waals surface area contributed by atoms with Gasteiger partial charge in [0, 0.05) is 21.6 Å². The van der Waals surface area contributed by atoms with Gasteiger partial charge >= 0.3 is 0 Å². The van der Waals surface area contributed by atoms with E-state index in [9.17, 15) is 9.18 Å². The van der Waals surface area contributed by atoms with Crippen molar-refractivity contribution in [3.63, 3.8) is 0 Å². The molecule has 2 aromatic carbocycles. The van der Waals surface area contributed by atoms with Crippen LogP contribution in [0.2, 0.25) is 0 Å². The first-order valence-corrected chi connectivity index (χ1v) is 9.45. The van der Waals surface area contributed by atoms with Crippen LogP contribution < -0.4 is 4.90 Å². The monoisotopic (exact) mass is 347 g/mol. The first kappa shape index (κ1) is 16.4. The Morgan fingerprint density at radius 2 is 2.00 bits per heavy atom. The van der Waals surface area contributed by atoms with E-state index in [1.54, 1.807) is 18.2 Å². The molecule has 1 amide bonds. The number of rotatable bonds is 3. The minimum Gasteiger partial charge on any atom is -0.311 e. The maximum absolute atomic E-state index is 13.7. The van der Waals surface area contributed by atoms with E-state index in [1.807, 2.05) is 34.9 Å². The second-order valence-electron chi connectivity index (χ2n) is 5.45. The number of halogens is 1. The summed E-state index contributed by atoms with van der Waals surface area (Å²) in [6.07, 6.45) is 0.954. The Morgan fingerprint density at radius 3 is 2.83 bits per heavy atom. The van der Waals surface area contributed by atoms with Gasteiger partial charge in [-0.15, -0.1) is 23.5 Å². The van der Waals surface area contributed by atoms with Gasteiger partial charge in [0.1, 0.15) is 5.82 Å². The van der Waals surface area contributed by atoms with Crippen LogP contribution >= 0.6 is 23.5 Å². The minimum atomic E-state index is -0.272. The molecule has 0 saturated heterocycles. The third kappa shape index (κ3) is 3.90. The Bertz CT molecular complexity index is 707. The summed E-state index contributed by atoms with van der Waals surface area (Å²) in [5, 5.41) is 0.480. The number of nitrogens with zero attached hydrogens (tertiary/aromatic N) is 1. The van der Waals surface area contributed by atoms with Gasteiger partial charge in [-0.3, -0.25) is 4.79 Å². The maximum Gasteiger partial charge on any atom is 0.237 e. The van der Waals surface area contributed by atoms with Crippen LogP contribution in [0.25, 0.3) is 0 Å². The second-order valence-corrected chi connectivity index (χ2v) is 7.95. The molecule has 23 heavy (non-hydrogen) atoms. The van der Waals surface area contributed by atoms with Crippen LogP contribution in [0.3, 0.4) is 0 Å². The summed E-state index contributed by atoms with van der Waals surface area (Å²) in [4.78, 5) is 16.2. The number of benzene rings is 2. The zero-order valence-corrected chi connectivity index (χ0v) is 14.5. The van der Waals surface area contributed by atoms with Crippen LogP contribution in [-0.2, 0) is 4.79 Å². The van der Waals surface area contributed by atoms with Crippen molar-refractivity contribution in [2.45, 2.75) is 28.4 Å². The Labute approximate surface area is 144 Å². The lowest BCUT2D eigenvalue weighted by molar-refractivity contribution is -0.116. The number of anilines is 1. The zero-order chi connectivity index (χ0) is 16.2. The molecular weight excluding hydrogens is 329 g/mol. The number of amides is 1. The van der Waals surface area contributed by atoms with E-state index in [2.05, 4.69) is 13.0 Å². The van der Waals surface area contributed by atoms with E-state index in [1.165, 1.54) is 17.8 Å². The van der Waals surface area contributed by atoms with Crippen molar-refractivity contribution in [3.8, 4) is 0 Å². The van der Waals surface area contributed by atoms with Gasteiger partial charge in [-0.1, -0.05) is 31.2 Å². The van der Waals surface area contributed by atoms with Crippen LogP contribution in [0.15, 0.2) is 58.3 Å². The summed E-state index contributed by atoms with van der Waals surface area (Å²) in [6.45, 7) is 2.89. The van der Waals surface area contributed by atoms with Gasteiger partial charge in [-0.2, -0.15) is 0 Å². The predicted octanol–water partition coefficient (Wildman–Crippen LogP) is 4.84. The summed E-state index contributed by atoms with van der Waals surface area (Å²) >= 11 is 3.07. The molecule has 0 bridgehead atoms. The standard InChI is InChI=1S/C18H18FNOS2/c1-13-10-11-20(15-7-3-5-9-17(15)23-13)18(21)12-22-16-8-4-2-6-14(16)19/h2-9,13H,10-12H2,1H3/t13-/m1/s1. The van der Waals surface area contributed by atoms with E-state index in [0.717, 1.165) is 17.0 Å². The smallest absolute Gasteiger partial charge is 0.237 e. The van der Waals surface area contributed by atoms with E-state index in [0.29, 0.717) is 16.7 Å². The Hall–Kier alpha value is -1.46. The topological polar surface area (TPSA) is 20.3 Å². The molecule has 5 heteroatoms. The molecule has 1 atom stereocenters. The number of fused-ring (bicyclic) bond motifs is 1. The van der Waals surface area contributed by atoms with E-state index in [-0.39, 0.29) is 17.5 Å². The Kier molecular flexibility index (Phi) is 5.28. The van der Waals surface area contributed by atoms with Gasteiger partial charge in [-0.25, -0.2) is 4.39 Å². The largest absolute Gasteiger partial charge is 0.311 e. The van der Waals surface area contributed by atoms with Gasteiger partial charge in [0.2, 0.25) is 5.91 Å². The molecule has 0 unspecified atom stereocenters. The van der Waals surface area contributed by atoms with Crippen molar-refractivity contribution in [3.05, 3.63) is 54.3 Å². The molecule has 2 nitrogen and oxygen atoms in total. The van der Waals surface area contributed by atoms with Crippen LogP contribution in [0, 0.1) is 5.82 Å². The highest BCUT2D eigenvalue weighted by Crippen LogP contribution is 2.37. The maximum atomic E-state index is 13.7. The summed E-state index contributed by atoms with van der Waals surface area (Å²) in [7, 11) is 0. The van der Waals surface area contributed by atoms with Crippen molar-refractivity contribution in [1.82, 2.24) is 0 Å². The third-order valence-electron chi connectivity index (χ3n) is 3.73. The van der Waals surface area contributed by atoms with Gasteiger partial charge in [0.15, 0.2) is 0 Å². The molecule has 120 valence electrons. The number of para-hydroxylation sites is 1. The van der Waals surface area contributed by atoms with Gasteiger partial charge in [0.05, 0.1) is 11.4 Å².